The summed E-state index contributed by atoms with van der Waals surface area (Å²) in [5.74, 6) is -0.470. The van der Waals surface area contributed by atoms with E-state index in [0.29, 0.717) is 11.3 Å². The van der Waals surface area contributed by atoms with E-state index in [1.165, 1.54) is 11.8 Å². The number of ketones is 1. The molecule has 0 radical (unpaired) electrons. The highest BCUT2D eigenvalue weighted by atomic mass is 16.5. The van der Waals surface area contributed by atoms with Crippen LogP contribution in [0.1, 0.15) is 31.1 Å². The van der Waals surface area contributed by atoms with Crippen molar-refractivity contribution in [1.82, 2.24) is 4.90 Å². The average Bonchev–Trinajstić information content (AvgIpc) is 2.65. The summed E-state index contributed by atoms with van der Waals surface area (Å²) in [7, 11) is 0. The van der Waals surface area contributed by atoms with E-state index in [-0.39, 0.29) is 42.6 Å². The van der Waals surface area contributed by atoms with Gasteiger partial charge in [0, 0.05) is 11.8 Å². The molecular weight excluding hydrogens is 270 g/mol. The number of benzene rings is 1. The first kappa shape index (κ1) is 15.2. The van der Waals surface area contributed by atoms with E-state index >= 15 is 0 Å². The summed E-state index contributed by atoms with van der Waals surface area (Å²) in [6, 6.07) is 6.93. The Morgan fingerprint density at radius 1 is 1.14 bits per heavy atom. The summed E-state index contributed by atoms with van der Waals surface area (Å²) >= 11 is 0. The molecule has 2 rings (SSSR count). The van der Waals surface area contributed by atoms with Gasteiger partial charge >= 0.3 is 0 Å². The second-order valence-electron chi connectivity index (χ2n) is 5.31. The third kappa shape index (κ3) is 2.96. The van der Waals surface area contributed by atoms with E-state index in [9.17, 15) is 14.4 Å². The number of hydrogen-bond acceptors (Lipinski definition) is 4. The van der Waals surface area contributed by atoms with Crippen LogP contribution in [0.4, 0.5) is 0 Å². The topological polar surface area (TPSA) is 63.7 Å². The molecule has 5 nitrogen and oxygen atoms in total. The number of nitrogens with zero attached hydrogens (tertiary/aromatic N) is 1. The van der Waals surface area contributed by atoms with Crippen molar-refractivity contribution in [3.8, 4) is 5.75 Å². The van der Waals surface area contributed by atoms with Crippen LogP contribution in [0, 0.1) is 11.8 Å². The van der Waals surface area contributed by atoms with Gasteiger partial charge in [-0.05, 0) is 19.1 Å². The van der Waals surface area contributed by atoms with Crippen molar-refractivity contribution in [2.45, 2.75) is 20.8 Å². The SMILES string of the molecule is CC(=O)c1ccccc1OCCN1C(=O)C(C)C(C)C1=O. The molecule has 2 atom stereocenters. The minimum Gasteiger partial charge on any atom is -0.491 e. The largest absolute Gasteiger partial charge is 0.491 e. The van der Waals surface area contributed by atoms with Gasteiger partial charge in [-0.1, -0.05) is 26.0 Å². The minimum atomic E-state index is -0.276. The van der Waals surface area contributed by atoms with Crippen molar-refractivity contribution >= 4 is 17.6 Å². The zero-order valence-electron chi connectivity index (χ0n) is 12.5. The van der Waals surface area contributed by atoms with Gasteiger partial charge in [-0.25, -0.2) is 0 Å². The number of Topliss-reactive ketones (excluding diaryl/α,β-unsaturated/α-hetero) is 1. The van der Waals surface area contributed by atoms with Crippen LogP contribution >= 0.6 is 0 Å². The summed E-state index contributed by atoms with van der Waals surface area (Å²) in [5.41, 5.74) is 0.498. The highest BCUT2D eigenvalue weighted by Gasteiger charge is 2.41. The number of likely N-dealkylation sites (tertiary alicyclic amines) is 1. The minimum absolute atomic E-state index is 0.0823. The lowest BCUT2D eigenvalue weighted by atomic mass is 10.00. The molecule has 0 saturated carbocycles. The van der Waals surface area contributed by atoms with Gasteiger partial charge in [0.2, 0.25) is 11.8 Å². The summed E-state index contributed by atoms with van der Waals surface area (Å²) in [5, 5.41) is 0. The van der Waals surface area contributed by atoms with Gasteiger partial charge in [-0.2, -0.15) is 0 Å². The van der Waals surface area contributed by atoms with E-state index in [2.05, 4.69) is 0 Å². The third-order valence-electron chi connectivity index (χ3n) is 3.90. The fourth-order valence-corrected chi connectivity index (χ4v) is 2.38. The molecule has 21 heavy (non-hydrogen) atoms. The fourth-order valence-electron chi connectivity index (χ4n) is 2.38. The third-order valence-corrected chi connectivity index (χ3v) is 3.90. The first-order valence-corrected chi connectivity index (χ1v) is 7.01. The van der Waals surface area contributed by atoms with Gasteiger partial charge < -0.3 is 4.74 Å². The smallest absolute Gasteiger partial charge is 0.232 e. The zero-order chi connectivity index (χ0) is 15.6. The summed E-state index contributed by atoms with van der Waals surface area (Å²) < 4.78 is 5.56. The quantitative estimate of drug-likeness (QED) is 0.613. The Balaban J connectivity index is 1.98. The molecule has 0 N–H and O–H groups in total. The number of ether oxygens (including phenoxy) is 1. The molecule has 2 amide bonds. The van der Waals surface area contributed by atoms with Crippen LogP contribution in [0.25, 0.3) is 0 Å². The van der Waals surface area contributed by atoms with Crippen molar-refractivity contribution in [3.05, 3.63) is 29.8 Å². The van der Waals surface area contributed by atoms with Gasteiger partial charge in [0.15, 0.2) is 5.78 Å². The Hall–Kier alpha value is -2.17. The van der Waals surface area contributed by atoms with Gasteiger partial charge in [0.05, 0.1) is 12.1 Å². The lowest BCUT2D eigenvalue weighted by Crippen LogP contribution is -2.34. The number of imide groups is 1. The lowest BCUT2D eigenvalue weighted by molar-refractivity contribution is -0.140. The maximum atomic E-state index is 11.9. The summed E-state index contributed by atoms with van der Waals surface area (Å²) in [4.78, 5) is 36.6. The van der Waals surface area contributed by atoms with Gasteiger partial charge in [-0.3, -0.25) is 19.3 Å². The molecule has 0 aliphatic carbocycles. The molecule has 5 heteroatoms. The average molecular weight is 289 g/mol. The number of rotatable bonds is 5. The molecule has 1 aromatic rings. The predicted octanol–water partition coefficient (Wildman–Crippen LogP) is 1.91. The van der Waals surface area contributed by atoms with Crippen molar-refractivity contribution in [2.24, 2.45) is 11.8 Å². The number of hydrogen-bond donors (Lipinski definition) is 0. The monoisotopic (exact) mass is 289 g/mol. The van der Waals surface area contributed by atoms with Crippen LogP contribution in [-0.2, 0) is 9.59 Å². The number of carbonyl (C=O) groups is 3. The molecule has 1 aliphatic heterocycles. The highest BCUT2D eigenvalue weighted by molar-refractivity contribution is 6.04. The van der Waals surface area contributed by atoms with E-state index in [1.54, 1.807) is 38.1 Å². The lowest BCUT2D eigenvalue weighted by Gasteiger charge is -2.16. The normalized spacial score (nSPS) is 21.8. The predicted molar refractivity (Wildman–Crippen MR) is 77.0 cm³/mol. The van der Waals surface area contributed by atoms with Gasteiger partial charge in [0.25, 0.3) is 0 Å². The fraction of sp³-hybridized carbons (Fsp3) is 0.438. The Labute approximate surface area is 123 Å². The van der Waals surface area contributed by atoms with Crippen LogP contribution in [0.3, 0.4) is 0 Å². The van der Waals surface area contributed by atoms with Crippen LogP contribution in [0.2, 0.25) is 0 Å². The molecule has 0 bridgehead atoms. The van der Waals surface area contributed by atoms with Crippen LogP contribution < -0.4 is 4.74 Å². The van der Waals surface area contributed by atoms with Crippen LogP contribution in [-0.4, -0.2) is 35.6 Å². The molecule has 0 aromatic heterocycles. The molecule has 1 saturated heterocycles. The maximum Gasteiger partial charge on any atom is 0.232 e. The van der Waals surface area contributed by atoms with Gasteiger partial charge in [0.1, 0.15) is 12.4 Å². The standard InChI is InChI=1S/C16H19NO4/c1-10-11(2)16(20)17(15(10)19)8-9-21-14-7-5-4-6-13(14)12(3)18/h4-7,10-11H,8-9H2,1-3H3. The molecule has 0 spiro atoms. The first-order valence-electron chi connectivity index (χ1n) is 7.01. The molecule has 112 valence electrons. The Morgan fingerprint density at radius 3 is 2.29 bits per heavy atom. The van der Waals surface area contributed by atoms with E-state index in [4.69, 9.17) is 4.74 Å². The first-order chi connectivity index (χ1) is 9.93. The maximum absolute atomic E-state index is 11.9. The van der Waals surface area contributed by atoms with Crippen LogP contribution in [0.5, 0.6) is 5.75 Å². The summed E-state index contributed by atoms with van der Waals surface area (Å²) in [6.45, 7) is 5.38. The van der Waals surface area contributed by atoms with Crippen molar-refractivity contribution in [2.75, 3.05) is 13.2 Å². The zero-order valence-corrected chi connectivity index (χ0v) is 12.5. The number of para-hydroxylation sites is 1. The Kier molecular flexibility index (Phi) is 4.40. The van der Waals surface area contributed by atoms with E-state index < -0.39 is 0 Å². The van der Waals surface area contributed by atoms with E-state index in [1.807, 2.05) is 0 Å². The van der Waals surface area contributed by atoms with E-state index in [0.717, 1.165) is 0 Å². The molecule has 1 fully saturated rings. The number of carbonyl (C=O) groups excluding carboxylic acids is 3. The van der Waals surface area contributed by atoms with Crippen LogP contribution in [0.15, 0.2) is 24.3 Å². The number of amides is 2. The molecule has 1 heterocycles. The Morgan fingerprint density at radius 2 is 1.71 bits per heavy atom. The Bertz CT molecular complexity index is 561. The molecule has 1 aromatic carbocycles. The highest BCUT2D eigenvalue weighted by Crippen LogP contribution is 2.25. The molecule has 2 unspecified atom stereocenters. The second kappa shape index (κ2) is 6.08. The van der Waals surface area contributed by atoms with Crippen molar-refractivity contribution in [1.29, 1.82) is 0 Å². The molecule has 1 aliphatic rings. The van der Waals surface area contributed by atoms with Crippen molar-refractivity contribution in [3.63, 3.8) is 0 Å². The van der Waals surface area contributed by atoms with Crippen molar-refractivity contribution < 1.29 is 19.1 Å². The second-order valence-corrected chi connectivity index (χ2v) is 5.31. The molecular formula is C16H19NO4. The summed E-state index contributed by atoms with van der Waals surface area (Å²) in [6.07, 6.45) is 0. The van der Waals surface area contributed by atoms with Gasteiger partial charge in [-0.15, -0.1) is 0 Å².